The molecule has 0 unspecified atom stereocenters. The summed E-state index contributed by atoms with van der Waals surface area (Å²) in [5, 5.41) is -1.14. The summed E-state index contributed by atoms with van der Waals surface area (Å²) in [4.78, 5) is 0. The second-order valence-corrected chi connectivity index (χ2v) is 5.50. The van der Waals surface area contributed by atoms with Crippen molar-refractivity contribution in [2.24, 2.45) is 0 Å². The summed E-state index contributed by atoms with van der Waals surface area (Å²) in [6, 6.07) is 8.37. The molecule has 2 rings (SSSR count). The Bertz CT molecular complexity index is 666. The first-order valence-electron chi connectivity index (χ1n) is 6.17. The van der Waals surface area contributed by atoms with Gasteiger partial charge in [0.2, 0.25) is 5.67 Å². The van der Waals surface area contributed by atoms with Crippen LogP contribution in [0.15, 0.2) is 48.5 Å². The Kier molecular flexibility index (Phi) is 4.61. The van der Waals surface area contributed by atoms with Gasteiger partial charge in [0.05, 0.1) is 0 Å². The number of benzene rings is 2. The van der Waals surface area contributed by atoms with Gasteiger partial charge in [0.1, 0.15) is 0 Å². The van der Waals surface area contributed by atoms with Gasteiger partial charge in [-0.3, -0.25) is 0 Å². The molecule has 124 valence electrons. The van der Waals surface area contributed by atoms with Crippen LogP contribution in [0.1, 0.15) is 11.1 Å². The Morgan fingerprint density at radius 3 is 1.26 bits per heavy atom. The normalized spacial score (nSPS) is 13.2. The summed E-state index contributed by atoms with van der Waals surface area (Å²) < 4.78 is 82.3. The molecular formula is C15H8Cl2F6. The van der Waals surface area contributed by atoms with Gasteiger partial charge in [0.25, 0.3) is 0 Å². The van der Waals surface area contributed by atoms with Crippen LogP contribution in [-0.2, 0) is 5.67 Å². The maximum absolute atomic E-state index is 15.4. The van der Waals surface area contributed by atoms with Crippen LogP contribution in [0.2, 0.25) is 10.0 Å². The molecule has 0 N–H and O–H groups in total. The van der Waals surface area contributed by atoms with E-state index in [4.69, 9.17) is 23.2 Å². The highest BCUT2D eigenvalue weighted by atomic mass is 35.5. The van der Waals surface area contributed by atoms with Crippen LogP contribution in [0, 0.1) is 0 Å². The fraction of sp³-hybridized carbons (Fsp3) is 0.200. The third-order valence-electron chi connectivity index (χ3n) is 3.28. The van der Waals surface area contributed by atoms with E-state index in [2.05, 4.69) is 0 Å². The molecule has 0 saturated carbocycles. The number of alkyl halides is 6. The van der Waals surface area contributed by atoms with Gasteiger partial charge < -0.3 is 0 Å². The van der Waals surface area contributed by atoms with Crippen molar-refractivity contribution in [1.82, 2.24) is 0 Å². The summed E-state index contributed by atoms with van der Waals surface area (Å²) in [5.41, 5.74) is -6.31. The quantitative estimate of drug-likeness (QED) is 0.546. The van der Waals surface area contributed by atoms with E-state index in [1.54, 1.807) is 0 Å². The van der Waals surface area contributed by atoms with Crippen molar-refractivity contribution in [1.29, 1.82) is 0 Å². The van der Waals surface area contributed by atoms with E-state index in [-0.39, 0.29) is 0 Å². The molecule has 23 heavy (non-hydrogen) atoms. The van der Waals surface area contributed by atoms with Crippen LogP contribution in [-0.4, -0.2) is 12.1 Å². The van der Waals surface area contributed by atoms with Gasteiger partial charge in [-0.25, -0.2) is 4.39 Å². The molecule has 2 aromatic carbocycles. The van der Waals surface area contributed by atoms with Crippen molar-refractivity contribution in [3.63, 3.8) is 0 Å². The Morgan fingerprint density at radius 2 is 0.957 bits per heavy atom. The molecule has 0 amide bonds. The average molecular weight is 373 g/mol. The SMILES string of the molecule is FC(F)(F)C(F)(F)C(F)(c1ccccc1Cl)c1ccccc1Cl. The van der Waals surface area contributed by atoms with Gasteiger partial charge in [0.15, 0.2) is 0 Å². The highest BCUT2D eigenvalue weighted by Crippen LogP contribution is 2.56. The maximum atomic E-state index is 15.4. The number of hydrogen-bond donors (Lipinski definition) is 0. The minimum atomic E-state index is -6.15. The lowest BCUT2D eigenvalue weighted by molar-refractivity contribution is -0.323. The fourth-order valence-electron chi connectivity index (χ4n) is 2.16. The predicted molar refractivity (Wildman–Crippen MR) is 75.8 cm³/mol. The maximum Gasteiger partial charge on any atom is 0.457 e. The predicted octanol–water partition coefficient (Wildman–Crippen LogP) is 6.40. The van der Waals surface area contributed by atoms with Crippen molar-refractivity contribution in [2.45, 2.75) is 17.8 Å². The number of halogens is 8. The van der Waals surface area contributed by atoms with Crippen LogP contribution >= 0.6 is 23.2 Å². The van der Waals surface area contributed by atoms with Gasteiger partial charge in [-0.15, -0.1) is 0 Å². The van der Waals surface area contributed by atoms with Crippen molar-refractivity contribution in [3.8, 4) is 0 Å². The molecule has 2 aromatic rings. The summed E-state index contributed by atoms with van der Waals surface area (Å²) in [6.45, 7) is 0. The first-order valence-corrected chi connectivity index (χ1v) is 6.92. The van der Waals surface area contributed by atoms with E-state index >= 15 is 4.39 Å². The first-order chi connectivity index (χ1) is 10.5. The Labute approximate surface area is 137 Å². The Balaban J connectivity index is 2.87. The first kappa shape index (κ1) is 17.9. The lowest BCUT2D eigenvalue weighted by atomic mass is 9.82. The van der Waals surface area contributed by atoms with E-state index in [0.717, 1.165) is 36.4 Å². The molecule has 0 atom stereocenters. The molecule has 0 saturated heterocycles. The number of hydrogen-bond acceptors (Lipinski definition) is 0. The summed E-state index contributed by atoms with van der Waals surface area (Å²) >= 11 is 11.4. The lowest BCUT2D eigenvalue weighted by Crippen LogP contribution is -2.53. The summed E-state index contributed by atoms with van der Waals surface area (Å²) in [6.07, 6.45) is -6.15. The van der Waals surface area contributed by atoms with E-state index < -0.39 is 38.9 Å². The molecule has 0 radical (unpaired) electrons. The summed E-state index contributed by atoms with van der Waals surface area (Å²) in [7, 11) is 0. The van der Waals surface area contributed by atoms with Crippen molar-refractivity contribution in [2.75, 3.05) is 0 Å². The van der Waals surface area contributed by atoms with Gasteiger partial charge in [-0.2, -0.15) is 22.0 Å². The molecule has 0 aliphatic heterocycles. The van der Waals surface area contributed by atoms with Gasteiger partial charge in [0, 0.05) is 21.2 Å². The molecule has 0 aliphatic carbocycles. The van der Waals surface area contributed by atoms with E-state index in [1.165, 1.54) is 12.1 Å². The second kappa shape index (κ2) is 5.91. The van der Waals surface area contributed by atoms with Crippen molar-refractivity contribution >= 4 is 23.2 Å². The van der Waals surface area contributed by atoms with Gasteiger partial charge in [-0.05, 0) is 12.1 Å². The fourth-order valence-corrected chi connectivity index (χ4v) is 2.69. The zero-order valence-electron chi connectivity index (χ0n) is 11.1. The molecule has 0 aliphatic rings. The van der Waals surface area contributed by atoms with Crippen LogP contribution < -0.4 is 0 Å². The third kappa shape index (κ3) is 2.78. The van der Waals surface area contributed by atoms with E-state index in [1.807, 2.05) is 0 Å². The average Bonchev–Trinajstić information content (AvgIpc) is 2.46. The molecule has 0 nitrogen and oxygen atoms in total. The highest BCUT2D eigenvalue weighted by molar-refractivity contribution is 6.32. The van der Waals surface area contributed by atoms with E-state index in [9.17, 15) is 22.0 Å². The summed E-state index contributed by atoms with van der Waals surface area (Å²) in [5.74, 6) is -5.75. The smallest absolute Gasteiger partial charge is 0.226 e. The molecule has 0 aromatic heterocycles. The van der Waals surface area contributed by atoms with Crippen LogP contribution in [0.25, 0.3) is 0 Å². The minimum Gasteiger partial charge on any atom is -0.226 e. The van der Waals surface area contributed by atoms with Crippen LogP contribution in [0.4, 0.5) is 26.3 Å². The molecule has 0 heterocycles. The minimum absolute atomic E-state index is 0.571. The molecule has 8 heteroatoms. The Hall–Kier alpha value is -1.40. The zero-order chi connectivity index (χ0) is 17.5. The van der Waals surface area contributed by atoms with Crippen LogP contribution in [0.3, 0.4) is 0 Å². The van der Waals surface area contributed by atoms with E-state index in [0.29, 0.717) is 0 Å². The molecule has 0 fully saturated rings. The van der Waals surface area contributed by atoms with Crippen molar-refractivity contribution in [3.05, 3.63) is 69.7 Å². The molecule has 0 spiro atoms. The van der Waals surface area contributed by atoms with Crippen molar-refractivity contribution < 1.29 is 26.3 Å². The van der Waals surface area contributed by atoms with Gasteiger partial charge >= 0.3 is 12.1 Å². The standard InChI is InChI=1S/C15H8Cl2F6/c16-11-7-3-1-5-9(11)13(18,14(19,20)15(21,22)23)10-6-2-4-8-12(10)17/h1-8H. The third-order valence-corrected chi connectivity index (χ3v) is 3.94. The number of rotatable bonds is 3. The second-order valence-electron chi connectivity index (χ2n) is 4.69. The lowest BCUT2D eigenvalue weighted by Gasteiger charge is -2.36. The van der Waals surface area contributed by atoms with Crippen LogP contribution in [0.5, 0.6) is 0 Å². The Morgan fingerprint density at radius 1 is 0.609 bits per heavy atom. The monoisotopic (exact) mass is 372 g/mol. The van der Waals surface area contributed by atoms with Gasteiger partial charge in [-0.1, -0.05) is 59.6 Å². The topological polar surface area (TPSA) is 0 Å². The molecule has 0 bridgehead atoms. The molecular weight excluding hydrogens is 365 g/mol. The zero-order valence-corrected chi connectivity index (χ0v) is 12.7. The largest absolute Gasteiger partial charge is 0.457 e. The highest BCUT2D eigenvalue weighted by Gasteiger charge is 2.73.